The molecule has 0 spiro atoms. The second-order valence-corrected chi connectivity index (χ2v) is 5.35. The van der Waals surface area contributed by atoms with Crippen LogP contribution in [0.3, 0.4) is 0 Å². The maximum atomic E-state index is 5.24. The summed E-state index contributed by atoms with van der Waals surface area (Å²) < 4.78 is 0. The summed E-state index contributed by atoms with van der Waals surface area (Å²) in [7, 11) is 0. The van der Waals surface area contributed by atoms with Gasteiger partial charge in [-0.05, 0) is 6.42 Å². The Bertz CT molecular complexity index is 249. The number of hydrogen-bond acceptors (Lipinski definition) is 5. The van der Waals surface area contributed by atoms with Crippen LogP contribution in [-0.4, -0.2) is 10.2 Å². The molecule has 5 heteroatoms. The van der Waals surface area contributed by atoms with Crippen LogP contribution in [0.25, 0.3) is 0 Å². The molecule has 1 rings (SSSR count). The number of anilines is 1. The number of aromatic nitrogens is 1. The second-order valence-electron chi connectivity index (χ2n) is 2.81. The van der Waals surface area contributed by atoms with E-state index in [1.807, 2.05) is 18.0 Å². The number of nitrogens with zero attached hydrogens (tertiary/aromatic N) is 1. The first-order valence-corrected chi connectivity index (χ1v) is 6.15. The van der Waals surface area contributed by atoms with E-state index in [1.54, 1.807) is 11.3 Å². The van der Waals surface area contributed by atoms with Crippen molar-refractivity contribution in [1.29, 1.82) is 0 Å². The molecule has 0 aliphatic rings. The van der Waals surface area contributed by atoms with E-state index in [9.17, 15) is 0 Å². The molecule has 0 saturated heterocycles. The highest BCUT2D eigenvalue weighted by Crippen LogP contribution is 2.25. The lowest BCUT2D eigenvalue weighted by atomic mass is 10.4. The third-order valence-corrected chi connectivity index (χ3v) is 4.25. The molecule has 0 bridgehead atoms. The first-order chi connectivity index (χ1) is 6.26. The van der Waals surface area contributed by atoms with Gasteiger partial charge in [0.1, 0.15) is 0 Å². The first-order valence-electron chi connectivity index (χ1n) is 4.29. The Hall–Kier alpha value is -0.260. The molecule has 0 aromatic carbocycles. The molecule has 1 heterocycles. The summed E-state index contributed by atoms with van der Waals surface area (Å²) >= 11 is 3.57. The highest BCUT2D eigenvalue weighted by Gasteiger charge is 2.03. The second kappa shape index (κ2) is 5.47. The molecule has 1 aromatic heterocycles. The Morgan fingerprint density at radius 1 is 1.77 bits per heavy atom. The normalized spacial score (nSPS) is 12.8. The molecule has 1 unspecified atom stereocenters. The molecule has 0 radical (unpaired) electrons. The lowest BCUT2D eigenvalue weighted by Gasteiger charge is -2.05. The van der Waals surface area contributed by atoms with E-state index < -0.39 is 0 Å². The molecule has 1 atom stereocenters. The summed E-state index contributed by atoms with van der Waals surface area (Å²) in [4.78, 5) is 5.38. The van der Waals surface area contributed by atoms with Crippen LogP contribution in [-0.2, 0) is 5.75 Å². The monoisotopic (exact) mass is 217 g/mol. The number of thiazole rings is 1. The molecule has 0 fully saturated rings. The van der Waals surface area contributed by atoms with Gasteiger partial charge in [0.2, 0.25) is 0 Å². The van der Waals surface area contributed by atoms with Crippen molar-refractivity contribution in [3.63, 3.8) is 0 Å². The smallest absolute Gasteiger partial charge is 0.197 e. The Balaban J connectivity index is 2.36. The summed E-state index contributed by atoms with van der Waals surface area (Å²) in [5.41, 5.74) is 2.55. The summed E-state index contributed by atoms with van der Waals surface area (Å²) in [6, 6.07) is 0. The third-order valence-electron chi connectivity index (χ3n) is 1.76. The summed E-state index contributed by atoms with van der Waals surface area (Å²) in [6.45, 7) is 4.45. The largest absolute Gasteiger partial charge is 0.300 e. The van der Waals surface area contributed by atoms with Crippen LogP contribution in [0.5, 0.6) is 0 Å². The molecule has 1 aromatic rings. The predicted octanol–water partition coefficient (Wildman–Crippen LogP) is 2.46. The zero-order valence-corrected chi connectivity index (χ0v) is 9.54. The fraction of sp³-hybridized carbons (Fsp3) is 0.625. The van der Waals surface area contributed by atoms with Crippen molar-refractivity contribution in [2.24, 2.45) is 5.84 Å². The summed E-state index contributed by atoms with van der Waals surface area (Å²) in [5.74, 6) is 6.27. The van der Waals surface area contributed by atoms with Gasteiger partial charge in [-0.25, -0.2) is 10.8 Å². The molecule has 0 saturated carbocycles. The average molecular weight is 217 g/mol. The van der Waals surface area contributed by atoms with E-state index in [2.05, 4.69) is 24.3 Å². The fourth-order valence-corrected chi connectivity index (χ4v) is 2.50. The molecule has 0 aliphatic heterocycles. The van der Waals surface area contributed by atoms with Crippen molar-refractivity contribution in [2.75, 3.05) is 5.43 Å². The zero-order valence-electron chi connectivity index (χ0n) is 7.91. The van der Waals surface area contributed by atoms with Crippen LogP contribution in [0.1, 0.15) is 25.1 Å². The molecule has 3 N–H and O–H groups in total. The van der Waals surface area contributed by atoms with Gasteiger partial charge in [0.05, 0.1) is 0 Å². The van der Waals surface area contributed by atoms with Gasteiger partial charge in [0.25, 0.3) is 0 Å². The maximum absolute atomic E-state index is 5.24. The van der Waals surface area contributed by atoms with E-state index >= 15 is 0 Å². The highest BCUT2D eigenvalue weighted by molar-refractivity contribution is 7.99. The van der Waals surface area contributed by atoms with Gasteiger partial charge in [-0.2, -0.15) is 11.8 Å². The van der Waals surface area contributed by atoms with E-state index in [-0.39, 0.29) is 0 Å². The molecule has 0 aliphatic carbocycles. The SMILES string of the molecule is CCC(C)SCc1cnc(NN)s1. The maximum Gasteiger partial charge on any atom is 0.197 e. The van der Waals surface area contributed by atoms with E-state index in [0.717, 1.165) is 16.1 Å². The molecule has 0 amide bonds. The number of thioether (sulfide) groups is 1. The van der Waals surface area contributed by atoms with Crippen LogP contribution in [0.4, 0.5) is 5.13 Å². The first kappa shape index (κ1) is 10.8. The lowest BCUT2D eigenvalue weighted by Crippen LogP contribution is -2.05. The Kier molecular flexibility index (Phi) is 4.55. The lowest BCUT2D eigenvalue weighted by molar-refractivity contribution is 0.905. The topological polar surface area (TPSA) is 50.9 Å². The van der Waals surface area contributed by atoms with Gasteiger partial charge < -0.3 is 0 Å². The van der Waals surface area contributed by atoms with Crippen LogP contribution >= 0.6 is 23.1 Å². The van der Waals surface area contributed by atoms with Gasteiger partial charge in [-0.1, -0.05) is 13.8 Å². The third kappa shape index (κ3) is 3.54. The number of nitrogens with two attached hydrogens (primary N) is 1. The number of nitrogen functional groups attached to an aromatic ring is 1. The van der Waals surface area contributed by atoms with Crippen molar-refractivity contribution in [3.05, 3.63) is 11.1 Å². The number of hydrazine groups is 1. The minimum atomic E-state index is 0.719. The van der Waals surface area contributed by atoms with Crippen molar-refractivity contribution in [2.45, 2.75) is 31.3 Å². The van der Waals surface area contributed by atoms with Gasteiger partial charge in [-0.15, -0.1) is 11.3 Å². The van der Waals surface area contributed by atoms with Gasteiger partial charge in [-0.3, -0.25) is 5.43 Å². The minimum Gasteiger partial charge on any atom is -0.300 e. The standard InChI is InChI=1S/C8H15N3S2/c1-3-6(2)12-5-7-4-10-8(11-9)13-7/h4,6H,3,5,9H2,1-2H3,(H,10,11). The average Bonchev–Trinajstić information content (AvgIpc) is 2.61. The Morgan fingerprint density at radius 3 is 3.08 bits per heavy atom. The number of rotatable bonds is 5. The van der Waals surface area contributed by atoms with E-state index in [4.69, 9.17) is 5.84 Å². The fourth-order valence-electron chi connectivity index (χ4n) is 0.783. The molecule has 74 valence electrons. The molecular weight excluding hydrogens is 202 g/mol. The van der Waals surface area contributed by atoms with Gasteiger partial charge >= 0.3 is 0 Å². The van der Waals surface area contributed by atoms with Crippen LogP contribution in [0.2, 0.25) is 0 Å². The van der Waals surface area contributed by atoms with E-state index in [0.29, 0.717) is 0 Å². The van der Waals surface area contributed by atoms with Gasteiger partial charge in [0, 0.05) is 22.1 Å². The Labute approximate surface area is 87.1 Å². The quantitative estimate of drug-likeness (QED) is 0.587. The molecule has 3 nitrogen and oxygen atoms in total. The predicted molar refractivity (Wildman–Crippen MR) is 61.0 cm³/mol. The van der Waals surface area contributed by atoms with E-state index in [1.165, 1.54) is 11.3 Å². The van der Waals surface area contributed by atoms with Crippen molar-refractivity contribution in [1.82, 2.24) is 4.98 Å². The van der Waals surface area contributed by atoms with Crippen molar-refractivity contribution >= 4 is 28.2 Å². The van der Waals surface area contributed by atoms with Crippen LogP contribution in [0.15, 0.2) is 6.20 Å². The van der Waals surface area contributed by atoms with Crippen LogP contribution < -0.4 is 11.3 Å². The zero-order chi connectivity index (χ0) is 9.68. The number of hydrogen-bond donors (Lipinski definition) is 2. The minimum absolute atomic E-state index is 0.719. The summed E-state index contributed by atoms with van der Waals surface area (Å²) in [5, 5.41) is 1.51. The Morgan fingerprint density at radius 2 is 2.54 bits per heavy atom. The van der Waals surface area contributed by atoms with Crippen molar-refractivity contribution < 1.29 is 0 Å². The molecule has 13 heavy (non-hydrogen) atoms. The molecular formula is C8H15N3S2. The van der Waals surface area contributed by atoms with Crippen LogP contribution in [0, 0.1) is 0 Å². The summed E-state index contributed by atoms with van der Waals surface area (Å²) in [6.07, 6.45) is 3.10. The number of nitrogens with one attached hydrogen (secondary N) is 1. The highest BCUT2D eigenvalue weighted by atomic mass is 32.2. The van der Waals surface area contributed by atoms with Crippen molar-refractivity contribution in [3.8, 4) is 0 Å². The van der Waals surface area contributed by atoms with Gasteiger partial charge in [0.15, 0.2) is 5.13 Å².